The lowest BCUT2D eigenvalue weighted by Crippen LogP contribution is -2.48. The Morgan fingerprint density at radius 3 is 2.00 bits per heavy atom. The van der Waals surface area contributed by atoms with Gasteiger partial charge in [0.25, 0.3) is 0 Å². The molecule has 40 heavy (non-hydrogen) atoms. The molecular weight excluding hydrogens is 508 g/mol. The number of esters is 2. The fraction of sp³-hybridized carbons (Fsp3) is 0.364. The Hall–Kier alpha value is -4.13. The second-order valence-electron chi connectivity index (χ2n) is 11.6. The van der Waals surface area contributed by atoms with Gasteiger partial charge in [-0.1, -0.05) is 30.3 Å². The summed E-state index contributed by atoms with van der Waals surface area (Å²) < 4.78 is 16.7. The first-order valence-electron chi connectivity index (χ1n) is 13.8. The minimum atomic E-state index is -1.32. The molecule has 0 spiro atoms. The van der Waals surface area contributed by atoms with E-state index in [0.717, 1.165) is 53.9 Å². The van der Waals surface area contributed by atoms with Crippen LogP contribution in [0.1, 0.15) is 80.7 Å². The third kappa shape index (κ3) is 4.96. The third-order valence-electron chi connectivity index (χ3n) is 8.91. The largest absolute Gasteiger partial charge is 0.496 e. The van der Waals surface area contributed by atoms with Gasteiger partial charge in [0.05, 0.1) is 18.2 Å². The van der Waals surface area contributed by atoms with E-state index in [1.165, 1.54) is 37.5 Å². The molecule has 1 N–H and O–H groups in total. The molecular formula is C33H32O7. The van der Waals surface area contributed by atoms with Crippen molar-refractivity contribution in [3.63, 3.8) is 0 Å². The zero-order chi connectivity index (χ0) is 27.9. The molecule has 0 aliphatic heterocycles. The zero-order valence-corrected chi connectivity index (χ0v) is 22.4. The highest BCUT2D eigenvalue weighted by atomic mass is 16.5. The lowest BCUT2D eigenvalue weighted by Gasteiger charge is -2.57. The molecule has 7 rings (SSSR count). The summed E-state index contributed by atoms with van der Waals surface area (Å²) in [5.74, 6) is 0.180. The van der Waals surface area contributed by atoms with Gasteiger partial charge in [-0.05, 0) is 104 Å². The van der Waals surface area contributed by atoms with Crippen LogP contribution in [0.3, 0.4) is 0 Å². The number of benzene rings is 3. The molecule has 3 aromatic carbocycles. The van der Waals surface area contributed by atoms with E-state index in [9.17, 15) is 19.5 Å². The van der Waals surface area contributed by atoms with Gasteiger partial charge in [-0.15, -0.1) is 0 Å². The van der Waals surface area contributed by atoms with Crippen molar-refractivity contribution in [2.24, 2.45) is 17.8 Å². The molecule has 0 radical (unpaired) electrons. The van der Waals surface area contributed by atoms with Crippen molar-refractivity contribution in [2.45, 2.75) is 50.5 Å². The Morgan fingerprint density at radius 2 is 1.40 bits per heavy atom. The minimum absolute atomic E-state index is 0.00433. The van der Waals surface area contributed by atoms with Gasteiger partial charge < -0.3 is 19.3 Å². The van der Waals surface area contributed by atoms with Crippen LogP contribution in [0, 0.1) is 17.8 Å². The highest BCUT2D eigenvalue weighted by Gasteiger charge is 2.52. The van der Waals surface area contributed by atoms with Crippen molar-refractivity contribution in [2.75, 3.05) is 7.11 Å². The van der Waals surface area contributed by atoms with E-state index in [2.05, 4.69) is 0 Å². The lowest BCUT2D eigenvalue weighted by molar-refractivity contribution is -0.00618. The Balaban J connectivity index is 1.22. The molecule has 3 aromatic rings. The van der Waals surface area contributed by atoms with Crippen LogP contribution in [0.5, 0.6) is 11.5 Å². The van der Waals surface area contributed by atoms with E-state index in [4.69, 9.17) is 14.2 Å². The third-order valence-corrected chi connectivity index (χ3v) is 8.91. The van der Waals surface area contributed by atoms with Gasteiger partial charge in [-0.25, -0.2) is 14.4 Å². The molecule has 4 aliphatic carbocycles. The van der Waals surface area contributed by atoms with Crippen molar-refractivity contribution >= 4 is 17.9 Å². The molecule has 206 valence electrons. The first-order valence-corrected chi connectivity index (χ1v) is 13.8. The smallest absolute Gasteiger partial charge is 0.343 e. The highest BCUT2D eigenvalue weighted by molar-refractivity contribution is 5.98. The van der Waals surface area contributed by atoms with Crippen molar-refractivity contribution in [3.05, 3.63) is 94.5 Å². The number of rotatable bonds is 8. The predicted molar refractivity (Wildman–Crippen MR) is 147 cm³/mol. The van der Waals surface area contributed by atoms with Gasteiger partial charge >= 0.3 is 17.9 Å². The molecule has 0 aromatic heterocycles. The predicted octanol–water partition coefficient (Wildman–Crippen LogP) is 6.44. The van der Waals surface area contributed by atoms with E-state index in [-0.39, 0.29) is 28.9 Å². The SMILES string of the molecule is COc1ccc(C(=O)Oc2ccc(C(=O)OCc3ccccc3)cc2C(=O)O)cc1C12CC3CC(CC(C3)C1)C2. The van der Waals surface area contributed by atoms with Crippen molar-refractivity contribution < 1.29 is 33.7 Å². The summed E-state index contributed by atoms with van der Waals surface area (Å²) in [5, 5.41) is 9.81. The van der Waals surface area contributed by atoms with Gasteiger partial charge in [0.15, 0.2) is 0 Å². The normalized spacial score (nSPS) is 24.4. The average Bonchev–Trinajstić information content (AvgIpc) is 2.95. The summed E-state index contributed by atoms with van der Waals surface area (Å²) in [4.78, 5) is 37.9. The number of ether oxygens (including phenoxy) is 3. The molecule has 4 fully saturated rings. The van der Waals surface area contributed by atoms with Gasteiger partial charge in [0.1, 0.15) is 23.7 Å². The summed E-state index contributed by atoms with van der Waals surface area (Å²) in [6.07, 6.45) is 7.24. The quantitative estimate of drug-likeness (QED) is 0.259. The lowest BCUT2D eigenvalue weighted by atomic mass is 9.48. The van der Waals surface area contributed by atoms with Crippen LogP contribution >= 0.6 is 0 Å². The van der Waals surface area contributed by atoms with E-state index in [1.54, 1.807) is 13.2 Å². The zero-order valence-electron chi connectivity index (χ0n) is 22.4. The number of carboxylic acid groups (broad SMARTS) is 1. The number of hydrogen-bond acceptors (Lipinski definition) is 6. The average molecular weight is 541 g/mol. The summed E-state index contributed by atoms with van der Waals surface area (Å²) in [6, 6.07) is 18.4. The first kappa shape index (κ1) is 26.1. The maximum atomic E-state index is 13.3. The molecule has 4 saturated carbocycles. The number of carbonyl (C=O) groups is 3. The minimum Gasteiger partial charge on any atom is -0.496 e. The van der Waals surface area contributed by atoms with Crippen LogP contribution in [0.2, 0.25) is 0 Å². The highest BCUT2D eigenvalue weighted by Crippen LogP contribution is 2.62. The van der Waals surface area contributed by atoms with Gasteiger partial charge in [0.2, 0.25) is 0 Å². The Kier molecular flexibility index (Phi) is 6.82. The first-order chi connectivity index (χ1) is 19.3. The fourth-order valence-electron chi connectivity index (χ4n) is 7.57. The topological polar surface area (TPSA) is 99.1 Å². The van der Waals surface area contributed by atoms with E-state index < -0.39 is 17.9 Å². The molecule has 0 amide bonds. The molecule has 0 unspecified atom stereocenters. The molecule has 4 aliphatic rings. The van der Waals surface area contributed by atoms with E-state index in [1.807, 2.05) is 42.5 Å². The van der Waals surface area contributed by atoms with Crippen molar-refractivity contribution in [1.82, 2.24) is 0 Å². The number of aromatic carboxylic acids is 1. The Morgan fingerprint density at radius 1 is 0.800 bits per heavy atom. The number of methoxy groups -OCH3 is 1. The Labute approximate surface area is 233 Å². The molecule has 7 nitrogen and oxygen atoms in total. The molecule has 0 saturated heterocycles. The van der Waals surface area contributed by atoms with E-state index in [0.29, 0.717) is 5.56 Å². The second kappa shape index (κ2) is 10.5. The summed E-state index contributed by atoms with van der Waals surface area (Å²) in [7, 11) is 1.66. The van der Waals surface area contributed by atoms with Crippen molar-refractivity contribution in [3.8, 4) is 11.5 Å². The van der Waals surface area contributed by atoms with Gasteiger partial charge in [-0.3, -0.25) is 0 Å². The molecule has 0 heterocycles. The summed E-state index contributed by atoms with van der Waals surface area (Å²) >= 11 is 0. The van der Waals surface area contributed by atoms with Crippen LogP contribution < -0.4 is 9.47 Å². The monoisotopic (exact) mass is 540 g/mol. The van der Waals surface area contributed by atoms with Crippen LogP contribution in [-0.4, -0.2) is 30.1 Å². The van der Waals surface area contributed by atoms with E-state index >= 15 is 0 Å². The van der Waals surface area contributed by atoms with Crippen LogP contribution in [0.15, 0.2) is 66.7 Å². The van der Waals surface area contributed by atoms with Crippen LogP contribution in [-0.2, 0) is 16.8 Å². The standard InChI is InChI=1S/C33H32O7/c1-38-29-10-8-25(15-27(29)33-16-21-11-22(17-33)13-23(12-21)18-33)32(37)40-28-9-7-24(14-26(28)30(34)35)31(36)39-19-20-5-3-2-4-6-20/h2-10,14-15,21-23H,11-13,16-19H2,1H3,(H,34,35). The second-order valence-corrected chi connectivity index (χ2v) is 11.6. The fourth-order valence-corrected chi connectivity index (χ4v) is 7.57. The maximum Gasteiger partial charge on any atom is 0.343 e. The van der Waals surface area contributed by atoms with Crippen LogP contribution in [0.4, 0.5) is 0 Å². The number of carbonyl (C=O) groups excluding carboxylic acids is 2. The van der Waals surface area contributed by atoms with Gasteiger partial charge in [0, 0.05) is 5.56 Å². The maximum absolute atomic E-state index is 13.3. The molecule has 4 bridgehead atoms. The van der Waals surface area contributed by atoms with Crippen molar-refractivity contribution in [1.29, 1.82) is 0 Å². The summed E-state index contributed by atoms with van der Waals surface area (Å²) in [5.41, 5.74) is 1.98. The number of hydrogen-bond donors (Lipinski definition) is 1. The van der Waals surface area contributed by atoms with Crippen LogP contribution in [0.25, 0.3) is 0 Å². The molecule has 7 heteroatoms. The van der Waals surface area contributed by atoms with Gasteiger partial charge in [-0.2, -0.15) is 0 Å². The summed E-state index contributed by atoms with van der Waals surface area (Å²) in [6.45, 7) is 0.0579. The molecule has 0 atom stereocenters. The Bertz CT molecular complexity index is 1420. The number of carboxylic acids is 1.